The minimum Gasteiger partial charge on any atom is -0.457 e. The van der Waals surface area contributed by atoms with E-state index < -0.39 is 43.4 Å². The maximum absolute atomic E-state index is 12.7. The summed E-state index contributed by atoms with van der Waals surface area (Å²) in [4.78, 5) is 12.7. The molecule has 0 spiro atoms. The molecule has 0 amide bonds. The van der Waals surface area contributed by atoms with Crippen molar-refractivity contribution in [3.8, 4) is 0 Å². The number of hydrogen-bond donors (Lipinski definition) is 4. The van der Waals surface area contributed by atoms with Crippen molar-refractivity contribution in [1.29, 1.82) is 0 Å². The zero-order valence-electron chi connectivity index (χ0n) is 33.3. The van der Waals surface area contributed by atoms with Gasteiger partial charge in [-0.05, 0) is 38.5 Å². The number of allylic oxidation sites excluding steroid dienone is 4. The largest absolute Gasteiger partial charge is 0.457 e. The highest BCUT2D eigenvalue weighted by atomic mass is 16.7. The van der Waals surface area contributed by atoms with Crippen LogP contribution in [0.1, 0.15) is 181 Å². The first-order valence-corrected chi connectivity index (χ1v) is 21.4. The molecular weight excluding hydrogens is 660 g/mol. The van der Waals surface area contributed by atoms with Crippen LogP contribution in [0.25, 0.3) is 0 Å². The van der Waals surface area contributed by atoms with Crippen molar-refractivity contribution in [2.75, 3.05) is 26.4 Å². The molecule has 0 aromatic rings. The monoisotopic (exact) mass is 741 g/mol. The van der Waals surface area contributed by atoms with Gasteiger partial charge in [0.25, 0.3) is 0 Å². The van der Waals surface area contributed by atoms with Crippen molar-refractivity contribution < 1.29 is 44.2 Å². The van der Waals surface area contributed by atoms with Crippen LogP contribution in [0.2, 0.25) is 0 Å². The summed E-state index contributed by atoms with van der Waals surface area (Å²) < 4.78 is 22.8. The number of carbonyl (C=O) groups excluding carboxylic acids is 1. The van der Waals surface area contributed by atoms with Gasteiger partial charge in [0.05, 0.1) is 19.8 Å². The molecule has 52 heavy (non-hydrogen) atoms. The number of esters is 1. The van der Waals surface area contributed by atoms with Crippen molar-refractivity contribution in [3.63, 3.8) is 0 Å². The van der Waals surface area contributed by atoms with Crippen LogP contribution in [0.4, 0.5) is 0 Å². The Hall–Kier alpha value is -1.33. The van der Waals surface area contributed by atoms with Gasteiger partial charge < -0.3 is 39.4 Å². The Balaban J connectivity index is 2.29. The van der Waals surface area contributed by atoms with Crippen molar-refractivity contribution in [2.24, 2.45) is 0 Å². The Morgan fingerprint density at radius 1 is 0.615 bits per heavy atom. The molecule has 0 aromatic heterocycles. The third-order valence-corrected chi connectivity index (χ3v) is 9.87. The topological polar surface area (TPSA) is 135 Å². The minimum atomic E-state index is -1.53. The van der Waals surface area contributed by atoms with Gasteiger partial charge in [-0.1, -0.05) is 160 Å². The molecule has 6 atom stereocenters. The quantitative estimate of drug-likeness (QED) is 0.0282. The zero-order chi connectivity index (χ0) is 37.9. The number of hydrogen-bond acceptors (Lipinski definition) is 9. The second-order valence-electron chi connectivity index (χ2n) is 14.8. The Morgan fingerprint density at radius 3 is 1.71 bits per heavy atom. The lowest BCUT2D eigenvalue weighted by molar-refractivity contribution is -0.305. The van der Waals surface area contributed by atoms with Crippen LogP contribution in [0.5, 0.6) is 0 Å². The lowest BCUT2D eigenvalue weighted by Gasteiger charge is -2.39. The second-order valence-corrected chi connectivity index (χ2v) is 14.8. The third kappa shape index (κ3) is 26.4. The summed E-state index contributed by atoms with van der Waals surface area (Å²) in [5.41, 5.74) is 0. The zero-order valence-corrected chi connectivity index (χ0v) is 33.3. The molecule has 0 aromatic carbocycles. The van der Waals surface area contributed by atoms with Crippen LogP contribution >= 0.6 is 0 Å². The molecule has 4 N–H and O–H groups in total. The first kappa shape index (κ1) is 48.7. The van der Waals surface area contributed by atoms with E-state index in [1.54, 1.807) is 0 Å². The van der Waals surface area contributed by atoms with E-state index >= 15 is 0 Å². The van der Waals surface area contributed by atoms with Gasteiger partial charge in [0, 0.05) is 13.0 Å². The maximum atomic E-state index is 12.7. The Labute approximate surface area is 317 Å². The van der Waals surface area contributed by atoms with Crippen molar-refractivity contribution in [1.82, 2.24) is 0 Å². The molecule has 1 aliphatic heterocycles. The second kappa shape index (κ2) is 35.4. The van der Waals surface area contributed by atoms with E-state index in [2.05, 4.69) is 38.2 Å². The highest BCUT2D eigenvalue weighted by molar-refractivity contribution is 5.69. The molecule has 0 bridgehead atoms. The molecule has 6 unspecified atom stereocenters. The predicted molar refractivity (Wildman–Crippen MR) is 210 cm³/mol. The molecule has 9 heteroatoms. The molecular formula is C43H80O9. The molecule has 1 saturated heterocycles. The summed E-state index contributed by atoms with van der Waals surface area (Å²) in [6.45, 7) is 4.50. The number of ether oxygens (including phenoxy) is 4. The van der Waals surface area contributed by atoms with Gasteiger partial charge >= 0.3 is 5.97 Å². The normalized spacial score (nSPS) is 21.4. The van der Waals surface area contributed by atoms with Crippen LogP contribution in [-0.2, 0) is 23.7 Å². The molecule has 9 nitrogen and oxygen atoms in total. The van der Waals surface area contributed by atoms with Gasteiger partial charge in [-0.3, -0.25) is 4.79 Å². The van der Waals surface area contributed by atoms with Crippen LogP contribution in [0, 0.1) is 0 Å². The fourth-order valence-corrected chi connectivity index (χ4v) is 6.45. The fourth-order valence-electron chi connectivity index (χ4n) is 6.45. The highest BCUT2D eigenvalue weighted by Crippen LogP contribution is 2.22. The molecule has 1 heterocycles. The van der Waals surface area contributed by atoms with Crippen LogP contribution in [0.15, 0.2) is 24.3 Å². The molecule has 0 aliphatic carbocycles. The Kier molecular flexibility index (Phi) is 33.1. The number of aliphatic hydroxyl groups is 4. The van der Waals surface area contributed by atoms with E-state index in [9.17, 15) is 25.2 Å². The molecule has 1 fully saturated rings. The molecule has 0 radical (unpaired) electrons. The van der Waals surface area contributed by atoms with Gasteiger partial charge in [0.2, 0.25) is 0 Å². The number of aliphatic hydroxyl groups excluding tert-OH is 4. The molecule has 0 saturated carbocycles. The SMILES string of the molecule is CCCC/C=C\C/C=C\CCCCCCCCOCC(COC1OC(CO)C(O)C(O)C1O)OC(=O)CCCCCCCCCCCCCCCC. The number of carbonyl (C=O) groups is 1. The van der Waals surface area contributed by atoms with E-state index in [-0.39, 0.29) is 19.2 Å². The van der Waals surface area contributed by atoms with E-state index in [0.29, 0.717) is 13.0 Å². The van der Waals surface area contributed by atoms with Gasteiger partial charge in [0.15, 0.2) is 6.29 Å². The predicted octanol–water partition coefficient (Wildman–Crippen LogP) is 9.03. The number of unbranched alkanes of at least 4 members (excludes halogenated alkanes) is 21. The summed E-state index contributed by atoms with van der Waals surface area (Å²) in [5.74, 6) is -0.316. The minimum absolute atomic E-state index is 0.114. The first-order chi connectivity index (χ1) is 25.4. The molecule has 1 rings (SSSR count). The van der Waals surface area contributed by atoms with Gasteiger partial charge in [-0.15, -0.1) is 0 Å². The van der Waals surface area contributed by atoms with Gasteiger partial charge in [-0.25, -0.2) is 0 Å². The van der Waals surface area contributed by atoms with E-state index in [0.717, 1.165) is 51.4 Å². The first-order valence-electron chi connectivity index (χ1n) is 21.4. The lowest BCUT2D eigenvalue weighted by atomic mass is 9.99. The van der Waals surface area contributed by atoms with Crippen LogP contribution < -0.4 is 0 Å². The van der Waals surface area contributed by atoms with Crippen LogP contribution in [0.3, 0.4) is 0 Å². The van der Waals surface area contributed by atoms with E-state index in [1.165, 1.54) is 109 Å². The summed E-state index contributed by atoms with van der Waals surface area (Å²) in [5, 5.41) is 40.0. The van der Waals surface area contributed by atoms with E-state index in [1.807, 2.05) is 0 Å². The maximum Gasteiger partial charge on any atom is 0.306 e. The molecule has 306 valence electrons. The lowest BCUT2D eigenvalue weighted by Crippen LogP contribution is -2.59. The van der Waals surface area contributed by atoms with E-state index in [4.69, 9.17) is 18.9 Å². The van der Waals surface area contributed by atoms with Gasteiger partial charge in [0.1, 0.15) is 30.5 Å². The van der Waals surface area contributed by atoms with Gasteiger partial charge in [-0.2, -0.15) is 0 Å². The third-order valence-electron chi connectivity index (χ3n) is 9.87. The average molecular weight is 741 g/mol. The highest BCUT2D eigenvalue weighted by Gasteiger charge is 2.44. The summed E-state index contributed by atoms with van der Waals surface area (Å²) in [6.07, 6.45) is 31.9. The summed E-state index contributed by atoms with van der Waals surface area (Å²) >= 11 is 0. The smallest absolute Gasteiger partial charge is 0.306 e. The van der Waals surface area contributed by atoms with Crippen molar-refractivity contribution >= 4 is 5.97 Å². The summed E-state index contributed by atoms with van der Waals surface area (Å²) in [7, 11) is 0. The summed E-state index contributed by atoms with van der Waals surface area (Å²) in [6, 6.07) is 0. The number of rotatable bonds is 36. The molecule has 1 aliphatic rings. The van der Waals surface area contributed by atoms with Crippen LogP contribution in [-0.4, -0.2) is 89.6 Å². The van der Waals surface area contributed by atoms with Crippen molar-refractivity contribution in [2.45, 2.75) is 218 Å². The Bertz CT molecular complexity index is 848. The average Bonchev–Trinajstić information content (AvgIpc) is 3.14. The standard InChI is InChI=1S/C43H80O9/c1-3-5-7-9-11-13-15-17-19-21-23-25-27-29-31-33-49-35-37(36-50-43-42(48)41(47)40(46)38(34-44)52-43)51-39(45)32-30-28-26-24-22-20-18-16-14-12-10-8-6-4-2/h9,11,15,17,37-38,40-44,46-48H,3-8,10,12-14,16,18-36H2,1-2H3/b11-9-,17-15-. The van der Waals surface area contributed by atoms with Crippen molar-refractivity contribution in [3.05, 3.63) is 24.3 Å². The Morgan fingerprint density at radius 2 is 1.13 bits per heavy atom. The fraction of sp³-hybridized carbons (Fsp3) is 0.884.